The molecule has 5 aromatic carbocycles. The van der Waals surface area contributed by atoms with Crippen LogP contribution in [0.25, 0.3) is 27.1 Å². The first-order valence-corrected chi connectivity index (χ1v) is 20.7. The summed E-state index contributed by atoms with van der Waals surface area (Å²) in [6.07, 6.45) is 7.92. The van der Waals surface area contributed by atoms with Gasteiger partial charge < -0.3 is 0 Å². The van der Waals surface area contributed by atoms with Gasteiger partial charge >= 0.3 is 99.2 Å². The van der Waals surface area contributed by atoms with Crippen LogP contribution in [-0.2, 0) is 35.1 Å². The van der Waals surface area contributed by atoms with Crippen LogP contribution in [0.2, 0.25) is 19.6 Å². The van der Waals surface area contributed by atoms with Crippen LogP contribution in [0.4, 0.5) is 0 Å². The third-order valence-corrected chi connectivity index (χ3v) is 12.1. The predicted octanol–water partition coefficient (Wildman–Crippen LogP) is 11.0. The summed E-state index contributed by atoms with van der Waals surface area (Å²) >= 11 is 1.46. The maximum absolute atomic E-state index is 2.56. The molecule has 0 amide bonds. The molecule has 0 bridgehead atoms. The topological polar surface area (TPSA) is 0 Å². The van der Waals surface area contributed by atoms with E-state index in [1.165, 1.54) is 76.8 Å². The quantitative estimate of drug-likeness (QED) is 0.132. The van der Waals surface area contributed by atoms with Crippen LogP contribution in [-0.4, -0.2) is 11.3 Å². The summed E-state index contributed by atoms with van der Waals surface area (Å²) in [4.78, 5) is 0. The molecule has 0 aliphatic heterocycles. The summed E-state index contributed by atoms with van der Waals surface area (Å²) in [7, 11) is -1.54. The van der Waals surface area contributed by atoms with Gasteiger partial charge in [0.15, 0.2) is 0 Å². The molecule has 0 nitrogen and oxygen atoms in total. The molecule has 0 unspecified atom stereocenters. The SMILES string of the molecule is CC(C)(C)c1ccc2c(c1)[cH-]c1c(C3=CC=CC3)c(C(C)(C)C)c([Si](C)(C)C)cc12.[Zr]=[C](c1ccccc1)c1ccccc1. The fraction of sp³-hybridized carbons (Fsp3) is 0.286. The predicted molar refractivity (Wildman–Crippen MR) is 195 cm³/mol. The molecular weight excluding hydrogens is 624 g/mol. The second kappa shape index (κ2) is 12.5. The Bertz CT molecular complexity index is 1820. The van der Waals surface area contributed by atoms with Gasteiger partial charge in [0.05, 0.1) is 8.07 Å². The summed E-state index contributed by atoms with van der Waals surface area (Å²) in [5.41, 5.74) is 8.92. The number of hydrogen-bond acceptors (Lipinski definition) is 0. The van der Waals surface area contributed by atoms with Crippen molar-refractivity contribution >= 4 is 43.6 Å². The number of allylic oxidation sites excluding steroid dienone is 4. The van der Waals surface area contributed by atoms with Crippen molar-refractivity contribution in [3.05, 3.63) is 137 Å². The van der Waals surface area contributed by atoms with Crippen molar-refractivity contribution in [2.24, 2.45) is 0 Å². The van der Waals surface area contributed by atoms with E-state index >= 15 is 0 Å². The van der Waals surface area contributed by atoms with E-state index in [-0.39, 0.29) is 10.8 Å². The van der Waals surface area contributed by atoms with Crippen molar-refractivity contribution < 1.29 is 24.2 Å². The van der Waals surface area contributed by atoms with Gasteiger partial charge in [0.25, 0.3) is 0 Å². The first-order chi connectivity index (χ1) is 20.7. The van der Waals surface area contributed by atoms with E-state index in [0.717, 1.165) is 6.42 Å². The molecule has 1 aliphatic rings. The van der Waals surface area contributed by atoms with Crippen molar-refractivity contribution in [2.75, 3.05) is 0 Å². The van der Waals surface area contributed by atoms with Gasteiger partial charge in [-0.3, -0.25) is 0 Å². The van der Waals surface area contributed by atoms with Crippen LogP contribution in [0.5, 0.6) is 0 Å². The Balaban J connectivity index is 0.000000229. The molecule has 0 saturated carbocycles. The van der Waals surface area contributed by atoms with Crippen LogP contribution in [0, 0.1) is 0 Å². The zero-order chi connectivity index (χ0) is 31.9. The molecule has 0 radical (unpaired) electrons. The molecule has 0 saturated heterocycles. The van der Waals surface area contributed by atoms with Crippen molar-refractivity contribution in [2.45, 2.75) is 78.4 Å². The van der Waals surface area contributed by atoms with E-state index in [1.54, 1.807) is 10.8 Å². The Kier molecular flexibility index (Phi) is 9.28. The average Bonchev–Trinajstić information content (AvgIpc) is 3.64. The van der Waals surface area contributed by atoms with Crippen molar-refractivity contribution in [3.63, 3.8) is 0 Å². The number of benzene rings is 4. The van der Waals surface area contributed by atoms with Gasteiger partial charge in [-0.25, -0.2) is 0 Å². The summed E-state index contributed by atoms with van der Waals surface area (Å²) in [6.45, 7) is 21.6. The van der Waals surface area contributed by atoms with Crippen LogP contribution in [0.1, 0.15) is 75.8 Å². The zero-order valence-electron chi connectivity index (χ0n) is 28.1. The first kappa shape index (κ1) is 32.6. The summed E-state index contributed by atoms with van der Waals surface area (Å²) in [6, 6.07) is 33.3. The van der Waals surface area contributed by atoms with E-state index in [9.17, 15) is 0 Å². The Morgan fingerprint density at radius 1 is 0.727 bits per heavy atom. The van der Waals surface area contributed by atoms with Gasteiger partial charge in [0, 0.05) is 0 Å². The zero-order valence-corrected chi connectivity index (χ0v) is 31.6. The molecule has 0 spiro atoms. The molecule has 0 N–H and O–H groups in total. The Hall–Kier alpha value is -2.80. The third-order valence-electron chi connectivity index (χ3n) is 8.65. The first-order valence-electron chi connectivity index (χ1n) is 15.9. The van der Waals surface area contributed by atoms with Crippen molar-refractivity contribution in [1.82, 2.24) is 0 Å². The van der Waals surface area contributed by atoms with E-state index in [1.807, 2.05) is 0 Å². The second-order valence-corrected chi connectivity index (χ2v) is 21.5. The molecule has 5 aromatic rings. The van der Waals surface area contributed by atoms with Gasteiger partial charge in [-0.1, -0.05) is 125 Å². The summed E-state index contributed by atoms with van der Waals surface area (Å²) in [5, 5.41) is 7.30. The maximum atomic E-state index is 2.56. The van der Waals surface area contributed by atoms with Crippen molar-refractivity contribution in [1.29, 1.82) is 0 Å². The Morgan fingerprint density at radius 2 is 1.32 bits per heavy atom. The third kappa shape index (κ3) is 6.88. The molecule has 1 aliphatic carbocycles. The molecule has 2 heteroatoms. The van der Waals surface area contributed by atoms with Crippen LogP contribution in [0.3, 0.4) is 0 Å². The number of hydrogen-bond donors (Lipinski definition) is 0. The minimum atomic E-state index is -1.54. The van der Waals surface area contributed by atoms with Gasteiger partial charge in [0.1, 0.15) is 0 Å². The molecule has 224 valence electrons. The second-order valence-electron chi connectivity index (χ2n) is 15.3. The normalized spacial score (nSPS) is 13.6. The molecule has 0 heterocycles. The molecular formula is C42H47SiZr-. The van der Waals surface area contributed by atoms with Gasteiger partial charge in [-0.05, 0) is 17.3 Å². The number of fused-ring (bicyclic) bond motifs is 3. The van der Waals surface area contributed by atoms with Gasteiger partial charge in [-0.2, -0.15) is 0 Å². The van der Waals surface area contributed by atoms with Crippen molar-refractivity contribution in [3.8, 4) is 0 Å². The molecule has 0 fully saturated rings. The van der Waals surface area contributed by atoms with Crippen LogP contribution in [0.15, 0.2) is 109 Å². The van der Waals surface area contributed by atoms with Crippen LogP contribution < -0.4 is 5.19 Å². The van der Waals surface area contributed by atoms with E-state index in [4.69, 9.17) is 0 Å². The fourth-order valence-corrected chi connectivity index (χ4v) is 8.98. The van der Waals surface area contributed by atoms with E-state index in [0.29, 0.717) is 0 Å². The van der Waals surface area contributed by atoms with Gasteiger partial charge in [-0.15, -0.1) is 33.7 Å². The molecule has 0 aromatic heterocycles. The van der Waals surface area contributed by atoms with E-state index < -0.39 is 8.07 Å². The monoisotopic (exact) mass is 669 g/mol. The number of rotatable bonds is 4. The van der Waals surface area contributed by atoms with Gasteiger partial charge in [0.2, 0.25) is 0 Å². The fourth-order valence-electron chi connectivity index (χ4n) is 6.33. The summed E-state index contributed by atoms with van der Waals surface area (Å²) in [5.74, 6) is 0. The average molecular weight is 671 g/mol. The molecule has 6 rings (SSSR count). The minimum absolute atomic E-state index is 0.114. The Labute approximate surface area is 281 Å². The standard InChI is InChI=1S/C29H37Si.C13H10.Zr/c1-28(2,3)21-14-15-22-20(16-21)17-24-23(22)18-25(30(7,8)9)27(29(4,5)6)26(24)19-12-10-11-13-19;1-3-7-12(8-4-1)11-13-9-5-2-6-10-13;/h10-12,14-18H,13H2,1-9H3;1-10H;/q-1;;. The van der Waals surface area contributed by atoms with Crippen LogP contribution >= 0.6 is 0 Å². The van der Waals surface area contributed by atoms with E-state index in [2.05, 4.69) is 170 Å². The molecule has 0 atom stereocenters. The molecule has 44 heavy (non-hydrogen) atoms. The Morgan fingerprint density at radius 3 is 1.80 bits per heavy atom. The summed E-state index contributed by atoms with van der Waals surface area (Å²) < 4.78 is 1.42.